The molecule has 0 spiro atoms. The van der Waals surface area contributed by atoms with E-state index < -0.39 is 0 Å². The second-order valence-electron chi connectivity index (χ2n) is 7.18. The Hall–Kier alpha value is -1.95. The number of hydrogen-bond donors (Lipinski definition) is 1. The average Bonchev–Trinajstić information content (AvgIpc) is 3.24. The third kappa shape index (κ3) is 2.90. The molecule has 1 saturated carbocycles. The fraction of sp³-hybridized carbons (Fsp3) is 0.611. The first-order chi connectivity index (χ1) is 11.7. The van der Waals surface area contributed by atoms with Crippen LogP contribution in [0.1, 0.15) is 37.8 Å². The number of rotatable bonds is 4. The molecule has 3 heterocycles. The highest BCUT2D eigenvalue weighted by atomic mass is 16.3. The summed E-state index contributed by atoms with van der Waals surface area (Å²) in [5.74, 6) is 1.94. The predicted molar refractivity (Wildman–Crippen MR) is 91.7 cm³/mol. The van der Waals surface area contributed by atoms with Crippen LogP contribution >= 0.6 is 0 Å². The summed E-state index contributed by atoms with van der Waals surface area (Å²) >= 11 is 0. The summed E-state index contributed by atoms with van der Waals surface area (Å²) in [4.78, 5) is 15.5. The molecule has 24 heavy (non-hydrogen) atoms. The molecule has 1 saturated heterocycles. The molecule has 0 radical (unpaired) electrons. The Balaban J connectivity index is 1.45. The zero-order chi connectivity index (χ0) is 16.5. The van der Waals surface area contributed by atoms with Gasteiger partial charge in [0.25, 0.3) is 0 Å². The van der Waals surface area contributed by atoms with Crippen molar-refractivity contribution in [3.63, 3.8) is 0 Å². The fourth-order valence-electron chi connectivity index (χ4n) is 4.29. The topological polar surface area (TPSA) is 67.1 Å². The van der Waals surface area contributed by atoms with E-state index >= 15 is 0 Å². The van der Waals surface area contributed by atoms with Crippen LogP contribution in [0.3, 0.4) is 0 Å². The van der Waals surface area contributed by atoms with Crippen LogP contribution in [0.25, 0.3) is 0 Å². The Labute approximate surface area is 142 Å². The standard InChI is InChI=1S/C18H25N5O/c1-2-3-13-8-20-18(21-9-13)23-10-14-6-16(22-5-4-19-12-22)17(24)7-15(14)11-23/h4-5,8-9,12,14-17,24H,2-3,6-7,10-11H2,1H3/t14-,15+,16-,17-/m1/s1. The Morgan fingerprint density at radius 3 is 2.58 bits per heavy atom. The molecule has 1 aliphatic carbocycles. The Bertz CT molecular complexity index is 657. The van der Waals surface area contributed by atoms with Gasteiger partial charge in [0, 0.05) is 37.9 Å². The molecule has 2 aromatic heterocycles. The lowest BCUT2D eigenvalue weighted by Crippen LogP contribution is -2.35. The second kappa shape index (κ2) is 6.51. The van der Waals surface area contributed by atoms with Gasteiger partial charge in [0.05, 0.1) is 18.5 Å². The van der Waals surface area contributed by atoms with Gasteiger partial charge in [-0.2, -0.15) is 0 Å². The molecule has 4 atom stereocenters. The minimum atomic E-state index is -0.298. The van der Waals surface area contributed by atoms with Crippen molar-refractivity contribution in [3.8, 4) is 0 Å². The molecule has 1 N–H and O–H groups in total. The van der Waals surface area contributed by atoms with E-state index in [1.807, 2.05) is 24.9 Å². The van der Waals surface area contributed by atoms with Crippen molar-refractivity contribution in [3.05, 3.63) is 36.7 Å². The number of imidazole rings is 1. The largest absolute Gasteiger partial charge is 0.391 e. The Morgan fingerprint density at radius 1 is 1.17 bits per heavy atom. The first-order valence-corrected chi connectivity index (χ1v) is 8.96. The molecule has 6 heteroatoms. The molecule has 128 valence electrons. The zero-order valence-corrected chi connectivity index (χ0v) is 14.1. The molecule has 0 unspecified atom stereocenters. The van der Waals surface area contributed by atoms with Crippen molar-refractivity contribution >= 4 is 5.95 Å². The summed E-state index contributed by atoms with van der Waals surface area (Å²) in [5, 5.41) is 10.5. The number of hydrogen-bond acceptors (Lipinski definition) is 5. The van der Waals surface area contributed by atoms with E-state index in [2.05, 4.69) is 31.3 Å². The summed E-state index contributed by atoms with van der Waals surface area (Å²) in [7, 11) is 0. The van der Waals surface area contributed by atoms with Gasteiger partial charge < -0.3 is 14.6 Å². The molecule has 2 fully saturated rings. The van der Waals surface area contributed by atoms with Crippen molar-refractivity contribution in [2.24, 2.45) is 11.8 Å². The maximum atomic E-state index is 10.5. The summed E-state index contributed by atoms with van der Waals surface area (Å²) in [5.41, 5.74) is 1.20. The van der Waals surface area contributed by atoms with Crippen LogP contribution < -0.4 is 4.90 Å². The summed E-state index contributed by atoms with van der Waals surface area (Å²) < 4.78 is 2.06. The highest BCUT2D eigenvalue weighted by Gasteiger charge is 2.42. The fourth-order valence-corrected chi connectivity index (χ4v) is 4.29. The highest BCUT2D eigenvalue weighted by Crippen LogP contribution is 2.41. The van der Waals surface area contributed by atoms with Crippen LogP contribution in [0.4, 0.5) is 5.95 Å². The molecule has 4 rings (SSSR count). The number of aliphatic hydroxyl groups excluding tert-OH is 1. The van der Waals surface area contributed by atoms with Gasteiger partial charge in [0.1, 0.15) is 0 Å². The number of anilines is 1. The van der Waals surface area contributed by atoms with Gasteiger partial charge in [-0.05, 0) is 36.7 Å². The molecule has 2 aromatic rings. The van der Waals surface area contributed by atoms with Gasteiger partial charge >= 0.3 is 0 Å². The van der Waals surface area contributed by atoms with Crippen LogP contribution in [0, 0.1) is 11.8 Å². The van der Waals surface area contributed by atoms with Crippen molar-refractivity contribution in [1.29, 1.82) is 0 Å². The molecular formula is C18H25N5O. The lowest BCUT2D eigenvalue weighted by molar-refractivity contribution is 0.0358. The van der Waals surface area contributed by atoms with Gasteiger partial charge in [-0.25, -0.2) is 15.0 Å². The lowest BCUT2D eigenvalue weighted by atomic mass is 9.77. The van der Waals surface area contributed by atoms with Gasteiger partial charge in [-0.1, -0.05) is 13.3 Å². The first kappa shape index (κ1) is 15.6. The SMILES string of the molecule is CCCc1cnc(N2C[C@H]3C[C@@H](n4ccnc4)[C@H](O)C[C@H]3C2)nc1. The Morgan fingerprint density at radius 2 is 1.92 bits per heavy atom. The molecule has 0 bridgehead atoms. The van der Waals surface area contributed by atoms with Crippen molar-refractivity contribution in [2.75, 3.05) is 18.0 Å². The van der Waals surface area contributed by atoms with Gasteiger partial charge in [0.2, 0.25) is 5.95 Å². The first-order valence-electron chi connectivity index (χ1n) is 8.96. The highest BCUT2D eigenvalue weighted by molar-refractivity contribution is 5.33. The van der Waals surface area contributed by atoms with Gasteiger partial charge in [-0.15, -0.1) is 0 Å². The van der Waals surface area contributed by atoms with Crippen LogP contribution in [-0.4, -0.2) is 43.8 Å². The summed E-state index contributed by atoms with van der Waals surface area (Å²) in [6, 6.07) is 0.140. The summed E-state index contributed by atoms with van der Waals surface area (Å²) in [6.07, 6.45) is 13.2. The maximum absolute atomic E-state index is 10.5. The van der Waals surface area contributed by atoms with E-state index in [0.717, 1.165) is 44.7 Å². The third-order valence-electron chi connectivity index (χ3n) is 5.53. The van der Waals surface area contributed by atoms with E-state index in [1.54, 1.807) is 6.20 Å². The van der Waals surface area contributed by atoms with Crippen LogP contribution in [-0.2, 0) is 6.42 Å². The van der Waals surface area contributed by atoms with Gasteiger partial charge in [-0.3, -0.25) is 0 Å². The lowest BCUT2D eigenvalue weighted by Gasteiger charge is -2.35. The maximum Gasteiger partial charge on any atom is 0.225 e. The third-order valence-corrected chi connectivity index (χ3v) is 5.53. The van der Waals surface area contributed by atoms with Crippen molar-refractivity contribution in [1.82, 2.24) is 19.5 Å². The summed E-state index contributed by atoms with van der Waals surface area (Å²) in [6.45, 7) is 4.10. The smallest absolute Gasteiger partial charge is 0.225 e. The molecule has 1 aliphatic heterocycles. The second-order valence-corrected chi connectivity index (χ2v) is 7.18. The number of aliphatic hydroxyl groups is 1. The predicted octanol–water partition coefficient (Wildman–Crippen LogP) is 2.07. The number of aromatic nitrogens is 4. The van der Waals surface area contributed by atoms with Crippen molar-refractivity contribution in [2.45, 2.75) is 44.8 Å². The van der Waals surface area contributed by atoms with Crippen LogP contribution in [0.15, 0.2) is 31.1 Å². The van der Waals surface area contributed by atoms with E-state index in [0.29, 0.717) is 11.8 Å². The minimum absolute atomic E-state index is 0.140. The number of aryl methyl sites for hydroxylation is 1. The van der Waals surface area contributed by atoms with E-state index in [-0.39, 0.29) is 12.1 Å². The quantitative estimate of drug-likeness (QED) is 0.931. The number of nitrogens with zero attached hydrogens (tertiary/aromatic N) is 5. The van der Waals surface area contributed by atoms with E-state index in [1.165, 1.54) is 5.56 Å². The normalized spacial score (nSPS) is 29.7. The zero-order valence-electron chi connectivity index (χ0n) is 14.1. The monoisotopic (exact) mass is 327 g/mol. The average molecular weight is 327 g/mol. The molecule has 6 nitrogen and oxygen atoms in total. The van der Waals surface area contributed by atoms with Crippen LogP contribution in [0.2, 0.25) is 0 Å². The molecule has 0 amide bonds. The van der Waals surface area contributed by atoms with Gasteiger partial charge in [0.15, 0.2) is 0 Å². The number of fused-ring (bicyclic) bond motifs is 1. The van der Waals surface area contributed by atoms with E-state index in [4.69, 9.17) is 0 Å². The van der Waals surface area contributed by atoms with Crippen molar-refractivity contribution < 1.29 is 5.11 Å². The molecule has 2 aliphatic rings. The minimum Gasteiger partial charge on any atom is -0.391 e. The van der Waals surface area contributed by atoms with E-state index in [9.17, 15) is 5.11 Å². The van der Waals surface area contributed by atoms with Crippen LogP contribution in [0.5, 0.6) is 0 Å². The molecular weight excluding hydrogens is 302 g/mol. The molecule has 0 aromatic carbocycles. The Kier molecular flexibility index (Phi) is 4.22.